The van der Waals surface area contributed by atoms with Crippen molar-refractivity contribution in [3.05, 3.63) is 76.4 Å². The summed E-state index contributed by atoms with van der Waals surface area (Å²) in [6.45, 7) is 6.01. The summed E-state index contributed by atoms with van der Waals surface area (Å²) >= 11 is 2.22. The summed E-state index contributed by atoms with van der Waals surface area (Å²) in [5.41, 5.74) is 0.887. The molecule has 0 spiro atoms. The van der Waals surface area contributed by atoms with Gasteiger partial charge in [0.05, 0.1) is 13.2 Å². The van der Waals surface area contributed by atoms with Crippen molar-refractivity contribution in [3.63, 3.8) is 0 Å². The van der Waals surface area contributed by atoms with E-state index in [1.54, 1.807) is 13.0 Å². The number of carbonyl (C=O) groups excluding carboxylic acids is 1. The number of benzene rings is 2. The Kier molecular flexibility index (Phi) is 8.37. The molecule has 7 nitrogen and oxygen atoms in total. The Balaban J connectivity index is 1.61. The van der Waals surface area contributed by atoms with Crippen molar-refractivity contribution >= 4 is 28.6 Å². The van der Waals surface area contributed by atoms with Gasteiger partial charge in [0, 0.05) is 15.6 Å². The second kappa shape index (κ2) is 11.4. The zero-order valence-corrected chi connectivity index (χ0v) is 20.5. The third kappa shape index (κ3) is 5.93. The molecule has 4 rings (SSSR count). The average molecular weight is 566 g/mol. The summed E-state index contributed by atoms with van der Waals surface area (Å²) in [5, 5.41) is 0. The number of carbonyl (C=O) groups is 1. The largest absolute Gasteiger partial charge is 0.461 e. The van der Waals surface area contributed by atoms with E-state index in [-0.39, 0.29) is 25.6 Å². The van der Waals surface area contributed by atoms with Crippen molar-refractivity contribution in [2.45, 2.75) is 50.3 Å². The van der Waals surface area contributed by atoms with Crippen LogP contribution in [0.5, 0.6) is 5.75 Å². The summed E-state index contributed by atoms with van der Waals surface area (Å²) in [6, 6.07) is 17.2. The lowest BCUT2D eigenvalue weighted by molar-refractivity contribution is -0.354. The van der Waals surface area contributed by atoms with Crippen LogP contribution in [0.3, 0.4) is 0 Å². The van der Waals surface area contributed by atoms with E-state index in [0.717, 1.165) is 9.13 Å². The van der Waals surface area contributed by atoms with E-state index in [1.165, 1.54) is 0 Å². The van der Waals surface area contributed by atoms with E-state index in [9.17, 15) is 4.79 Å². The zero-order valence-electron chi connectivity index (χ0n) is 18.3. The Hall–Kier alpha value is -1.98. The maximum Gasteiger partial charge on any atom is 0.306 e. The molecular weight excluding hydrogens is 539 g/mol. The predicted molar refractivity (Wildman–Crippen MR) is 129 cm³/mol. The van der Waals surface area contributed by atoms with Crippen molar-refractivity contribution < 1.29 is 33.2 Å². The lowest BCUT2D eigenvalue weighted by Gasteiger charge is -2.48. The number of hydrogen-bond donors (Lipinski definition) is 0. The minimum atomic E-state index is -0.892. The average Bonchev–Trinajstić information content (AvgIpc) is 2.85. The van der Waals surface area contributed by atoms with Crippen molar-refractivity contribution in [1.29, 1.82) is 0 Å². The summed E-state index contributed by atoms with van der Waals surface area (Å²) in [6.07, 6.45) is -2.09. The van der Waals surface area contributed by atoms with E-state index < -0.39 is 37.0 Å². The molecule has 2 saturated heterocycles. The van der Waals surface area contributed by atoms with E-state index in [1.807, 2.05) is 54.6 Å². The SMILES string of the molecule is C=CCO[C@@H]1[C@@H](OC(=O)CC)[C@H](Oc2ccc(I)cc2)O[C@@H]2CO[C@@H](c3ccccc3)O[C@@H]12. The quantitative estimate of drug-likeness (QED) is 0.267. The lowest BCUT2D eigenvalue weighted by atomic mass is 9.97. The minimum absolute atomic E-state index is 0.214. The fourth-order valence-electron chi connectivity index (χ4n) is 3.80. The molecule has 2 aliphatic rings. The van der Waals surface area contributed by atoms with Crippen LogP contribution in [0.2, 0.25) is 0 Å². The molecule has 0 bridgehead atoms. The molecule has 0 unspecified atom stereocenters. The molecule has 0 N–H and O–H groups in total. The van der Waals surface area contributed by atoms with Gasteiger partial charge in [0.2, 0.25) is 6.29 Å². The normalized spacial score (nSPS) is 29.0. The molecule has 0 radical (unpaired) electrons. The van der Waals surface area contributed by atoms with Crippen LogP contribution in [0.15, 0.2) is 67.3 Å². The van der Waals surface area contributed by atoms with Crippen molar-refractivity contribution in [2.24, 2.45) is 0 Å². The molecule has 0 amide bonds. The van der Waals surface area contributed by atoms with E-state index in [0.29, 0.717) is 5.75 Å². The van der Waals surface area contributed by atoms with Gasteiger partial charge in [0.25, 0.3) is 0 Å². The van der Waals surface area contributed by atoms with Crippen molar-refractivity contribution in [2.75, 3.05) is 13.2 Å². The highest BCUT2D eigenvalue weighted by atomic mass is 127. The van der Waals surface area contributed by atoms with Crippen LogP contribution in [0, 0.1) is 3.57 Å². The predicted octanol–water partition coefficient (Wildman–Crippen LogP) is 4.40. The smallest absolute Gasteiger partial charge is 0.306 e. The van der Waals surface area contributed by atoms with Crippen LogP contribution >= 0.6 is 22.6 Å². The van der Waals surface area contributed by atoms with E-state index >= 15 is 0 Å². The Labute approximate surface area is 207 Å². The number of hydrogen-bond acceptors (Lipinski definition) is 7. The summed E-state index contributed by atoms with van der Waals surface area (Å²) in [5.74, 6) is 0.218. The minimum Gasteiger partial charge on any atom is -0.461 e. The second-order valence-electron chi connectivity index (χ2n) is 7.69. The third-order valence-corrected chi connectivity index (χ3v) is 6.10. The monoisotopic (exact) mass is 566 g/mol. The molecule has 176 valence electrons. The maximum absolute atomic E-state index is 12.3. The summed E-state index contributed by atoms with van der Waals surface area (Å²) in [7, 11) is 0. The zero-order chi connectivity index (χ0) is 23.2. The Morgan fingerprint density at radius 3 is 2.58 bits per heavy atom. The Morgan fingerprint density at radius 1 is 1.12 bits per heavy atom. The van der Waals surface area contributed by atoms with E-state index in [2.05, 4.69) is 29.2 Å². The van der Waals surface area contributed by atoms with Gasteiger partial charge in [-0.05, 0) is 46.9 Å². The van der Waals surface area contributed by atoms with Crippen molar-refractivity contribution in [1.82, 2.24) is 0 Å². The van der Waals surface area contributed by atoms with Gasteiger partial charge in [-0.15, -0.1) is 6.58 Å². The van der Waals surface area contributed by atoms with Gasteiger partial charge in [0.15, 0.2) is 12.4 Å². The first-order valence-electron chi connectivity index (χ1n) is 10.9. The fraction of sp³-hybridized carbons (Fsp3) is 0.400. The summed E-state index contributed by atoms with van der Waals surface area (Å²) < 4.78 is 37.5. The number of rotatable bonds is 8. The molecular formula is C25H27IO7. The molecule has 2 aliphatic heterocycles. The lowest BCUT2D eigenvalue weighted by Crippen LogP contribution is -2.64. The molecule has 2 aromatic rings. The second-order valence-corrected chi connectivity index (χ2v) is 8.93. The van der Waals surface area contributed by atoms with Gasteiger partial charge in [-0.2, -0.15) is 0 Å². The topological polar surface area (TPSA) is 72.5 Å². The maximum atomic E-state index is 12.3. The molecule has 2 heterocycles. The van der Waals surface area contributed by atoms with Gasteiger partial charge in [0.1, 0.15) is 24.1 Å². The highest BCUT2D eigenvalue weighted by Crippen LogP contribution is 2.37. The van der Waals surface area contributed by atoms with Gasteiger partial charge in [-0.25, -0.2) is 0 Å². The molecule has 0 saturated carbocycles. The first kappa shape index (κ1) is 24.2. The van der Waals surface area contributed by atoms with Crippen LogP contribution in [-0.4, -0.2) is 49.9 Å². The Bertz CT molecular complexity index is 920. The van der Waals surface area contributed by atoms with Gasteiger partial charge in [-0.3, -0.25) is 4.79 Å². The molecule has 6 atom stereocenters. The first-order chi connectivity index (χ1) is 16.1. The highest BCUT2D eigenvalue weighted by molar-refractivity contribution is 14.1. The highest BCUT2D eigenvalue weighted by Gasteiger charge is 2.53. The van der Waals surface area contributed by atoms with Gasteiger partial charge >= 0.3 is 5.97 Å². The van der Waals surface area contributed by atoms with Crippen LogP contribution in [-0.2, 0) is 28.5 Å². The fourth-order valence-corrected chi connectivity index (χ4v) is 4.16. The summed E-state index contributed by atoms with van der Waals surface area (Å²) in [4.78, 5) is 12.3. The van der Waals surface area contributed by atoms with E-state index in [4.69, 9.17) is 28.4 Å². The first-order valence-corrected chi connectivity index (χ1v) is 12.0. The third-order valence-electron chi connectivity index (χ3n) is 5.38. The molecule has 0 aromatic heterocycles. The molecule has 2 fully saturated rings. The molecule has 0 aliphatic carbocycles. The number of halogens is 1. The van der Waals surface area contributed by atoms with Crippen LogP contribution in [0.1, 0.15) is 25.2 Å². The van der Waals surface area contributed by atoms with Gasteiger partial charge < -0.3 is 28.4 Å². The van der Waals surface area contributed by atoms with Crippen LogP contribution in [0.4, 0.5) is 0 Å². The molecule has 8 heteroatoms. The molecule has 33 heavy (non-hydrogen) atoms. The number of ether oxygens (including phenoxy) is 6. The number of fused-ring (bicyclic) bond motifs is 1. The Morgan fingerprint density at radius 2 is 1.88 bits per heavy atom. The van der Waals surface area contributed by atoms with Crippen LogP contribution < -0.4 is 4.74 Å². The number of esters is 1. The van der Waals surface area contributed by atoms with Crippen molar-refractivity contribution in [3.8, 4) is 5.75 Å². The van der Waals surface area contributed by atoms with Crippen LogP contribution in [0.25, 0.3) is 0 Å². The van der Waals surface area contributed by atoms with Gasteiger partial charge in [-0.1, -0.05) is 43.3 Å². The standard InChI is InChI=1S/C25H27IO7/c1-3-14-28-22-21-19(15-29-24(33-21)16-8-6-5-7-9-16)31-25(23(22)32-20(27)4-2)30-18-12-10-17(26)11-13-18/h3,5-13,19,21-25H,1,4,14-15H2,2H3/t19-,21-,22+,23-,24-,25-/m1/s1. The molecule has 2 aromatic carbocycles.